The Morgan fingerprint density at radius 3 is 2.71 bits per heavy atom. The molecule has 2 heterocycles. The van der Waals surface area contributed by atoms with E-state index in [4.69, 9.17) is 4.74 Å². The summed E-state index contributed by atoms with van der Waals surface area (Å²) >= 11 is 0. The average molecular weight is 329 g/mol. The van der Waals surface area contributed by atoms with E-state index in [1.54, 1.807) is 30.5 Å². The molecule has 0 bridgehead atoms. The zero-order valence-corrected chi connectivity index (χ0v) is 13.4. The molecule has 0 radical (unpaired) electrons. The van der Waals surface area contributed by atoms with E-state index in [-0.39, 0.29) is 11.7 Å². The number of rotatable bonds is 5. The predicted molar refractivity (Wildman–Crippen MR) is 89.7 cm³/mol. The van der Waals surface area contributed by atoms with Gasteiger partial charge in [-0.25, -0.2) is 9.37 Å². The number of pyridine rings is 1. The van der Waals surface area contributed by atoms with Gasteiger partial charge in [0.25, 0.3) is 5.91 Å². The van der Waals surface area contributed by atoms with Crippen molar-refractivity contribution in [3.63, 3.8) is 0 Å². The quantitative estimate of drug-likeness (QED) is 0.912. The minimum absolute atomic E-state index is 0.147. The van der Waals surface area contributed by atoms with Gasteiger partial charge in [-0.2, -0.15) is 0 Å². The van der Waals surface area contributed by atoms with Crippen LogP contribution >= 0.6 is 0 Å². The molecular formula is C18H20FN3O2. The third-order valence-corrected chi connectivity index (χ3v) is 3.95. The second-order valence-electron chi connectivity index (χ2n) is 5.61. The van der Waals surface area contributed by atoms with E-state index in [9.17, 15) is 9.18 Å². The molecule has 1 amide bonds. The Morgan fingerprint density at radius 2 is 1.96 bits per heavy atom. The van der Waals surface area contributed by atoms with Gasteiger partial charge in [-0.1, -0.05) is 12.1 Å². The number of anilines is 1. The molecule has 0 saturated carbocycles. The maximum absolute atomic E-state index is 12.9. The van der Waals surface area contributed by atoms with Gasteiger partial charge in [-0.3, -0.25) is 4.79 Å². The highest BCUT2D eigenvalue weighted by Gasteiger charge is 2.19. The summed E-state index contributed by atoms with van der Waals surface area (Å²) in [5.41, 5.74) is 1.55. The molecule has 0 spiro atoms. The van der Waals surface area contributed by atoms with Crippen molar-refractivity contribution in [1.29, 1.82) is 0 Å². The number of hydrogen-bond donors (Lipinski definition) is 1. The van der Waals surface area contributed by atoms with Crippen molar-refractivity contribution in [2.45, 2.75) is 6.42 Å². The maximum Gasteiger partial charge on any atom is 0.255 e. The van der Waals surface area contributed by atoms with E-state index >= 15 is 0 Å². The first-order valence-corrected chi connectivity index (χ1v) is 8.04. The van der Waals surface area contributed by atoms with Crippen molar-refractivity contribution in [1.82, 2.24) is 10.3 Å². The van der Waals surface area contributed by atoms with Crippen molar-refractivity contribution in [2.75, 3.05) is 37.7 Å². The number of carbonyl (C=O) groups is 1. The first kappa shape index (κ1) is 16.4. The van der Waals surface area contributed by atoms with Crippen molar-refractivity contribution in [3.05, 3.63) is 59.5 Å². The van der Waals surface area contributed by atoms with Gasteiger partial charge >= 0.3 is 0 Å². The standard InChI is InChI=1S/C18H20FN3O2/c19-15-5-3-14(4-6-15)7-9-21-18(23)16-2-1-8-20-17(16)22-10-12-24-13-11-22/h1-6,8H,7,9-13H2,(H,21,23). The summed E-state index contributed by atoms with van der Waals surface area (Å²) < 4.78 is 18.2. The number of halogens is 1. The highest BCUT2D eigenvalue weighted by molar-refractivity contribution is 5.98. The zero-order valence-electron chi connectivity index (χ0n) is 13.4. The van der Waals surface area contributed by atoms with Crippen LogP contribution in [0.3, 0.4) is 0 Å². The number of nitrogens with zero attached hydrogens (tertiary/aromatic N) is 2. The molecule has 1 aliphatic rings. The molecule has 126 valence electrons. The summed E-state index contributed by atoms with van der Waals surface area (Å²) in [6.45, 7) is 3.23. The Bertz CT molecular complexity index is 685. The fourth-order valence-corrected chi connectivity index (χ4v) is 2.67. The van der Waals surface area contributed by atoms with Crippen LogP contribution in [0.25, 0.3) is 0 Å². The summed E-state index contributed by atoms with van der Waals surface area (Å²) in [4.78, 5) is 18.9. The number of ether oxygens (including phenoxy) is 1. The molecule has 0 unspecified atom stereocenters. The summed E-state index contributed by atoms with van der Waals surface area (Å²) in [6.07, 6.45) is 2.35. The molecule has 1 aliphatic heterocycles. The molecule has 1 aromatic carbocycles. The molecule has 3 rings (SSSR count). The van der Waals surface area contributed by atoms with E-state index in [1.807, 2.05) is 0 Å². The van der Waals surface area contributed by atoms with Gasteiger partial charge in [0, 0.05) is 25.8 Å². The third kappa shape index (κ3) is 4.08. The monoisotopic (exact) mass is 329 g/mol. The van der Waals surface area contributed by atoms with Crippen LogP contribution in [0.2, 0.25) is 0 Å². The number of carbonyl (C=O) groups excluding carboxylic acids is 1. The molecule has 1 saturated heterocycles. The minimum Gasteiger partial charge on any atom is -0.378 e. The van der Waals surface area contributed by atoms with Gasteiger partial charge in [-0.15, -0.1) is 0 Å². The molecule has 0 atom stereocenters. The minimum atomic E-state index is -0.256. The van der Waals surface area contributed by atoms with Crippen LogP contribution in [0, 0.1) is 5.82 Å². The second-order valence-corrected chi connectivity index (χ2v) is 5.61. The molecule has 2 aromatic rings. The normalized spacial score (nSPS) is 14.5. The largest absolute Gasteiger partial charge is 0.378 e. The summed E-state index contributed by atoms with van der Waals surface area (Å²) in [7, 11) is 0. The van der Waals surface area contributed by atoms with Crippen LogP contribution < -0.4 is 10.2 Å². The second kappa shape index (κ2) is 7.88. The molecule has 6 heteroatoms. The van der Waals surface area contributed by atoms with E-state index in [1.165, 1.54) is 12.1 Å². The number of benzene rings is 1. The lowest BCUT2D eigenvalue weighted by atomic mass is 10.1. The molecule has 1 aromatic heterocycles. The highest BCUT2D eigenvalue weighted by atomic mass is 19.1. The first-order valence-electron chi connectivity index (χ1n) is 8.04. The molecule has 5 nitrogen and oxygen atoms in total. The third-order valence-electron chi connectivity index (χ3n) is 3.95. The van der Waals surface area contributed by atoms with Gasteiger partial charge in [0.15, 0.2) is 0 Å². The van der Waals surface area contributed by atoms with E-state index in [0.717, 1.165) is 18.7 Å². The molecule has 1 N–H and O–H groups in total. The van der Waals surface area contributed by atoms with Crippen molar-refractivity contribution >= 4 is 11.7 Å². The van der Waals surface area contributed by atoms with Gasteiger partial charge in [0.2, 0.25) is 0 Å². The Labute approximate surface area is 140 Å². The Kier molecular flexibility index (Phi) is 5.38. The number of nitrogens with one attached hydrogen (secondary N) is 1. The molecular weight excluding hydrogens is 309 g/mol. The Hall–Kier alpha value is -2.47. The smallest absolute Gasteiger partial charge is 0.255 e. The Morgan fingerprint density at radius 1 is 1.21 bits per heavy atom. The zero-order chi connectivity index (χ0) is 16.8. The lowest BCUT2D eigenvalue weighted by Gasteiger charge is -2.29. The summed E-state index contributed by atoms with van der Waals surface area (Å²) in [5.74, 6) is 0.292. The van der Waals surface area contributed by atoms with Crippen LogP contribution in [-0.2, 0) is 11.2 Å². The van der Waals surface area contributed by atoms with E-state index in [2.05, 4.69) is 15.2 Å². The van der Waals surface area contributed by atoms with Gasteiger partial charge in [0.1, 0.15) is 11.6 Å². The van der Waals surface area contributed by atoms with Gasteiger partial charge in [-0.05, 0) is 36.2 Å². The van der Waals surface area contributed by atoms with Crippen LogP contribution in [0.4, 0.5) is 10.2 Å². The number of aromatic nitrogens is 1. The summed E-state index contributed by atoms with van der Waals surface area (Å²) in [6, 6.07) is 9.85. The topological polar surface area (TPSA) is 54.5 Å². The van der Waals surface area contributed by atoms with Crippen LogP contribution in [-0.4, -0.2) is 43.7 Å². The van der Waals surface area contributed by atoms with Crippen LogP contribution in [0.1, 0.15) is 15.9 Å². The molecule has 24 heavy (non-hydrogen) atoms. The van der Waals surface area contributed by atoms with Crippen molar-refractivity contribution < 1.29 is 13.9 Å². The van der Waals surface area contributed by atoms with E-state index < -0.39 is 0 Å². The average Bonchev–Trinajstić information content (AvgIpc) is 2.64. The molecule has 0 aliphatic carbocycles. The lowest BCUT2D eigenvalue weighted by Crippen LogP contribution is -2.38. The Balaban J connectivity index is 1.61. The lowest BCUT2D eigenvalue weighted by molar-refractivity contribution is 0.0952. The van der Waals surface area contributed by atoms with Crippen molar-refractivity contribution in [3.8, 4) is 0 Å². The van der Waals surface area contributed by atoms with E-state index in [0.29, 0.717) is 37.6 Å². The van der Waals surface area contributed by atoms with Gasteiger partial charge in [0.05, 0.1) is 18.8 Å². The van der Waals surface area contributed by atoms with Crippen LogP contribution in [0.15, 0.2) is 42.6 Å². The van der Waals surface area contributed by atoms with Crippen LogP contribution in [0.5, 0.6) is 0 Å². The number of hydrogen-bond acceptors (Lipinski definition) is 4. The predicted octanol–water partition coefficient (Wildman–Crippen LogP) is 2.03. The first-order chi connectivity index (χ1) is 11.7. The summed E-state index contributed by atoms with van der Waals surface area (Å²) in [5, 5.41) is 2.91. The number of amides is 1. The fraction of sp³-hybridized carbons (Fsp3) is 0.333. The fourth-order valence-electron chi connectivity index (χ4n) is 2.67. The highest BCUT2D eigenvalue weighted by Crippen LogP contribution is 2.18. The van der Waals surface area contributed by atoms with Gasteiger partial charge < -0.3 is 15.0 Å². The SMILES string of the molecule is O=C(NCCc1ccc(F)cc1)c1cccnc1N1CCOCC1. The van der Waals surface area contributed by atoms with Crippen molar-refractivity contribution in [2.24, 2.45) is 0 Å². The maximum atomic E-state index is 12.9. The molecule has 1 fully saturated rings. The number of morpholine rings is 1.